The van der Waals surface area contributed by atoms with Crippen LogP contribution in [0.25, 0.3) is 0 Å². The second kappa shape index (κ2) is 4.03. The lowest BCUT2D eigenvalue weighted by Crippen LogP contribution is -2.08. The molecule has 0 spiro atoms. The summed E-state index contributed by atoms with van der Waals surface area (Å²) >= 11 is 3.21. The third-order valence-corrected chi connectivity index (χ3v) is 2.51. The molecule has 0 amide bonds. The van der Waals surface area contributed by atoms with E-state index < -0.39 is 6.10 Å². The smallest absolute Gasteiger partial charge is 0.154 e. The van der Waals surface area contributed by atoms with Crippen LogP contribution < -0.4 is 0 Å². The molecule has 0 aliphatic rings. The Morgan fingerprint density at radius 1 is 1.47 bits per heavy atom. The van der Waals surface area contributed by atoms with Crippen LogP contribution in [0.3, 0.4) is 0 Å². The number of halogens is 1. The molecule has 1 N–H and O–H groups in total. The highest BCUT2D eigenvalue weighted by Gasteiger charge is 2.20. The van der Waals surface area contributed by atoms with E-state index in [0.717, 1.165) is 0 Å². The number of aromatic nitrogens is 5. The fourth-order valence-electron chi connectivity index (χ4n) is 1.22. The predicted octanol–water partition coefficient (Wildman–Crippen LogP) is 0.449. The van der Waals surface area contributed by atoms with Gasteiger partial charge in [0, 0.05) is 19.4 Å². The SMILES string of the molecule is Cn1nnc(Br)c1C(O)c1cnccn1. The molecule has 0 fully saturated rings. The van der Waals surface area contributed by atoms with Gasteiger partial charge in [0.05, 0.1) is 11.9 Å². The Balaban J connectivity index is 2.41. The van der Waals surface area contributed by atoms with Gasteiger partial charge in [-0.2, -0.15) is 0 Å². The first-order valence-electron chi connectivity index (χ1n) is 4.19. The minimum atomic E-state index is -0.881. The summed E-state index contributed by atoms with van der Waals surface area (Å²) < 4.78 is 1.99. The average Bonchev–Trinajstić information content (AvgIpc) is 2.59. The Kier molecular flexibility index (Phi) is 2.74. The molecule has 0 saturated heterocycles. The minimum Gasteiger partial charge on any atom is -0.380 e. The number of aryl methyl sites for hydroxylation is 1. The standard InChI is InChI=1S/C8H8BrN5O/c1-14-6(8(9)12-13-14)7(15)5-4-10-2-3-11-5/h2-4,7,15H,1H3. The molecule has 0 aromatic carbocycles. The van der Waals surface area contributed by atoms with Gasteiger partial charge in [0.2, 0.25) is 0 Å². The van der Waals surface area contributed by atoms with Gasteiger partial charge in [0.15, 0.2) is 4.60 Å². The largest absolute Gasteiger partial charge is 0.380 e. The predicted molar refractivity (Wildman–Crippen MR) is 54.8 cm³/mol. The van der Waals surface area contributed by atoms with Gasteiger partial charge in [-0.1, -0.05) is 5.21 Å². The maximum absolute atomic E-state index is 10.0. The summed E-state index contributed by atoms with van der Waals surface area (Å²) in [4.78, 5) is 7.90. The van der Waals surface area contributed by atoms with Gasteiger partial charge < -0.3 is 5.11 Å². The van der Waals surface area contributed by atoms with Crippen molar-refractivity contribution in [1.82, 2.24) is 25.0 Å². The van der Waals surface area contributed by atoms with Crippen molar-refractivity contribution in [2.75, 3.05) is 0 Å². The first-order chi connectivity index (χ1) is 7.20. The van der Waals surface area contributed by atoms with Crippen LogP contribution in [0.5, 0.6) is 0 Å². The van der Waals surface area contributed by atoms with Crippen LogP contribution in [0.1, 0.15) is 17.5 Å². The molecule has 2 rings (SSSR count). The van der Waals surface area contributed by atoms with Crippen molar-refractivity contribution in [1.29, 1.82) is 0 Å². The van der Waals surface area contributed by atoms with Crippen LogP contribution in [-0.4, -0.2) is 30.1 Å². The molecule has 6 nitrogen and oxygen atoms in total. The zero-order chi connectivity index (χ0) is 10.8. The summed E-state index contributed by atoms with van der Waals surface area (Å²) in [5.41, 5.74) is 1.01. The molecule has 0 aliphatic heterocycles. The van der Waals surface area contributed by atoms with E-state index in [2.05, 4.69) is 36.2 Å². The molecule has 7 heteroatoms. The Hall–Kier alpha value is -1.34. The van der Waals surface area contributed by atoms with Crippen molar-refractivity contribution in [3.63, 3.8) is 0 Å². The van der Waals surface area contributed by atoms with E-state index in [-0.39, 0.29) is 0 Å². The van der Waals surface area contributed by atoms with E-state index in [0.29, 0.717) is 16.0 Å². The van der Waals surface area contributed by atoms with E-state index in [1.165, 1.54) is 17.1 Å². The van der Waals surface area contributed by atoms with Crippen molar-refractivity contribution >= 4 is 15.9 Å². The summed E-state index contributed by atoms with van der Waals surface area (Å²) in [5.74, 6) is 0. The van der Waals surface area contributed by atoms with Crippen molar-refractivity contribution in [2.45, 2.75) is 6.10 Å². The summed E-state index contributed by atoms with van der Waals surface area (Å²) in [7, 11) is 1.70. The summed E-state index contributed by atoms with van der Waals surface area (Å²) in [6.07, 6.45) is 3.70. The van der Waals surface area contributed by atoms with Crippen LogP contribution >= 0.6 is 15.9 Å². The number of aliphatic hydroxyl groups is 1. The van der Waals surface area contributed by atoms with E-state index in [1.807, 2.05) is 0 Å². The molecule has 78 valence electrons. The monoisotopic (exact) mass is 269 g/mol. The van der Waals surface area contributed by atoms with Crippen LogP contribution in [0.15, 0.2) is 23.2 Å². The van der Waals surface area contributed by atoms with E-state index in [9.17, 15) is 5.11 Å². The van der Waals surface area contributed by atoms with Crippen molar-refractivity contribution in [3.05, 3.63) is 34.6 Å². The van der Waals surface area contributed by atoms with Gasteiger partial charge >= 0.3 is 0 Å². The van der Waals surface area contributed by atoms with E-state index in [4.69, 9.17) is 0 Å². The van der Waals surface area contributed by atoms with Gasteiger partial charge in [0.25, 0.3) is 0 Å². The highest BCUT2D eigenvalue weighted by atomic mass is 79.9. The molecule has 2 aromatic rings. The highest BCUT2D eigenvalue weighted by molar-refractivity contribution is 9.10. The molecule has 0 aliphatic carbocycles. The second-order valence-electron chi connectivity index (χ2n) is 2.92. The quantitative estimate of drug-likeness (QED) is 0.857. The van der Waals surface area contributed by atoms with Crippen LogP contribution in [0.4, 0.5) is 0 Å². The van der Waals surface area contributed by atoms with Gasteiger partial charge in [0.1, 0.15) is 11.8 Å². The van der Waals surface area contributed by atoms with Crippen molar-refractivity contribution in [3.8, 4) is 0 Å². The topological polar surface area (TPSA) is 76.7 Å². The zero-order valence-corrected chi connectivity index (χ0v) is 9.46. The Morgan fingerprint density at radius 3 is 2.80 bits per heavy atom. The molecule has 0 saturated carbocycles. The Bertz CT molecular complexity index is 438. The molecular formula is C8H8BrN5O. The molecule has 1 atom stereocenters. The van der Waals surface area contributed by atoms with Crippen LogP contribution in [0.2, 0.25) is 0 Å². The first-order valence-corrected chi connectivity index (χ1v) is 4.98. The zero-order valence-electron chi connectivity index (χ0n) is 7.87. The summed E-state index contributed by atoms with van der Waals surface area (Å²) in [6, 6.07) is 0. The van der Waals surface area contributed by atoms with Crippen LogP contribution in [-0.2, 0) is 7.05 Å². The molecule has 2 aromatic heterocycles. The lowest BCUT2D eigenvalue weighted by molar-refractivity contribution is 0.203. The van der Waals surface area contributed by atoms with Gasteiger partial charge in [-0.15, -0.1) is 5.10 Å². The van der Waals surface area contributed by atoms with E-state index in [1.54, 1.807) is 13.2 Å². The van der Waals surface area contributed by atoms with Crippen molar-refractivity contribution < 1.29 is 5.11 Å². The highest BCUT2D eigenvalue weighted by Crippen LogP contribution is 2.24. The minimum absolute atomic E-state index is 0.462. The van der Waals surface area contributed by atoms with Gasteiger partial charge in [-0.3, -0.25) is 9.97 Å². The summed E-state index contributed by atoms with van der Waals surface area (Å²) in [6.45, 7) is 0. The fraction of sp³-hybridized carbons (Fsp3) is 0.250. The van der Waals surface area contributed by atoms with Crippen LogP contribution in [0, 0.1) is 0 Å². The van der Waals surface area contributed by atoms with E-state index >= 15 is 0 Å². The number of hydrogen-bond acceptors (Lipinski definition) is 5. The second-order valence-corrected chi connectivity index (χ2v) is 3.67. The maximum Gasteiger partial charge on any atom is 0.154 e. The third-order valence-electron chi connectivity index (χ3n) is 1.95. The Labute approximate surface area is 94.1 Å². The van der Waals surface area contributed by atoms with Crippen molar-refractivity contribution in [2.24, 2.45) is 7.05 Å². The normalized spacial score (nSPS) is 12.7. The maximum atomic E-state index is 10.0. The number of aliphatic hydroxyl groups excluding tert-OH is 1. The number of rotatable bonds is 2. The number of nitrogens with zero attached hydrogens (tertiary/aromatic N) is 5. The average molecular weight is 270 g/mol. The molecule has 15 heavy (non-hydrogen) atoms. The molecular weight excluding hydrogens is 262 g/mol. The van der Waals surface area contributed by atoms with Gasteiger partial charge in [-0.25, -0.2) is 4.68 Å². The number of hydrogen-bond donors (Lipinski definition) is 1. The lowest BCUT2D eigenvalue weighted by Gasteiger charge is -2.09. The Morgan fingerprint density at radius 2 is 2.27 bits per heavy atom. The summed E-state index contributed by atoms with van der Waals surface area (Å²) in [5, 5.41) is 17.6. The first kappa shape index (κ1) is 10.2. The van der Waals surface area contributed by atoms with Gasteiger partial charge in [-0.05, 0) is 15.9 Å². The lowest BCUT2D eigenvalue weighted by atomic mass is 10.2. The third kappa shape index (κ3) is 1.88. The molecule has 0 bridgehead atoms. The molecule has 0 radical (unpaired) electrons. The molecule has 2 heterocycles. The fourth-order valence-corrected chi connectivity index (χ4v) is 1.77. The molecule has 1 unspecified atom stereocenters.